The summed E-state index contributed by atoms with van der Waals surface area (Å²) in [5.41, 5.74) is 0. The molecule has 0 spiro atoms. The third-order valence-electron chi connectivity index (χ3n) is 4.46. The van der Waals surface area contributed by atoms with E-state index in [1.165, 1.54) is 32.1 Å². The van der Waals surface area contributed by atoms with Crippen molar-refractivity contribution in [3.63, 3.8) is 0 Å². The smallest absolute Gasteiger partial charge is 0.190 e. The fraction of sp³-hybridized carbons (Fsp3) is 0.714. The Morgan fingerprint density at radius 2 is 2.00 bits per heavy atom. The summed E-state index contributed by atoms with van der Waals surface area (Å²) in [7, 11) is 0. The number of fused-ring (bicyclic) bond motifs is 1. The monoisotopic (exact) mass is 297 g/mol. The van der Waals surface area contributed by atoms with E-state index in [1.54, 1.807) is 11.8 Å². The van der Waals surface area contributed by atoms with Crippen molar-refractivity contribution in [1.82, 2.24) is 9.97 Å². The average molecular weight is 298 g/mol. The van der Waals surface area contributed by atoms with Crippen LogP contribution in [0.2, 0.25) is 5.15 Å². The standard InChI is InChI=1S/C14H20ClN3S/c1-19-14-16-12(15)8-13(17-14)18-7-6-10-4-2-3-5-11(10)9-18/h8,10-11H,2-7,9H2,1H3. The van der Waals surface area contributed by atoms with Crippen molar-refractivity contribution in [1.29, 1.82) is 0 Å². The number of hydrogen-bond acceptors (Lipinski definition) is 4. The van der Waals surface area contributed by atoms with Crippen LogP contribution in [0.5, 0.6) is 0 Å². The van der Waals surface area contributed by atoms with Gasteiger partial charge >= 0.3 is 0 Å². The lowest BCUT2D eigenvalue weighted by atomic mass is 9.75. The van der Waals surface area contributed by atoms with E-state index in [1.807, 2.05) is 12.3 Å². The summed E-state index contributed by atoms with van der Waals surface area (Å²) in [5, 5.41) is 1.33. The molecule has 2 aliphatic rings. The molecule has 3 rings (SSSR count). The van der Waals surface area contributed by atoms with Crippen LogP contribution in [-0.4, -0.2) is 29.3 Å². The van der Waals surface area contributed by atoms with E-state index in [0.29, 0.717) is 5.15 Å². The number of anilines is 1. The number of halogens is 1. The Labute approximate surface area is 124 Å². The minimum atomic E-state index is 0.556. The molecule has 1 saturated carbocycles. The molecular weight excluding hydrogens is 278 g/mol. The summed E-state index contributed by atoms with van der Waals surface area (Å²) in [5.74, 6) is 2.81. The van der Waals surface area contributed by atoms with Gasteiger partial charge in [-0.15, -0.1) is 0 Å². The van der Waals surface area contributed by atoms with E-state index in [-0.39, 0.29) is 0 Å². The molecule has 0 aromatic carbocycles. The molecule has 0 bridgehead atoms. The van der Waals surface area contributed by atoms with Crippen molar-refractivity contribution in [3.05, 3.63) is 11.2 Å². The van der Waals surface area contributed by atoms with E-state index in [4.69, 9.17) is 11.6 Å². The Morgan fingerprint density at radius 3 is 2.79 bits per heavy atom. The molecular formula is C14H20ClN3S. The van der Waals surface area contributed by atoms with Gasteiger partial charge in [-0.3, -0.25) is 0 Å². The molecule has 2 fully saturated rings. The highest BCUT2D eigenvalue weighted by molar-refractivity contribution is 7.98. The predicted molar refractivity (Wildman–Crippen MR) is 81.1 cm³/mol. The maximum absolute atomic E-state index is 6.09. The fourth-order valence-corrected chi connectivity index (χ4v) is 4.05. The summed E-state index contributed by atoms with van der Waals surface area (Å²) in [6, 6.07) is 1.91. The highest BCUT2D eigenvalue weighted by Gasteiger charge is 2.31. The van der Waals surface area contributed by atoms with E-state index in [2.05, 4.69) is 14.9 Å². The summed E-state index contributed by atoms with van der Waals surface area (Å²) >= 11 is 7.64. The van der Waals surface area contributed by atoms with Crippen LogP contribution in [-0.2, 0) is 0 Å². The van der Waals surface area contributed by atoms with Gasteiger partial charge in [0.15, 0.2) is 5.16 Å². The molecule has 2 heterocycles. The van der Waals surface area contributed by atoms with Crippen LogP contribution in [0.15, 0.2) is 11.2 Å². The van der Waals surface area contributed by atoms with Crippen molar-refractivity contribution < 1.29 is 0 Å². The number of rotatable bonds is 2. The molecule has 0 amide bonds. The van der Waals surface area contributed by atoms with Crippen molar-refractivity contribution in [2.45, 2.75) is 37.3 Å². The highest BCUT2D eigenvalue weighted by Crippen LogP contribution is 2.37. The maximum Gasteiger partial charge on any atom is 0.190 e. The SMILES string of the molecule is CSc1nc(Cl)cc(N2CCC3CCCCC3C2)n1. The Hall–Kier alpha value is -0.480. The molecule has 0 N–H and O–H groups in total. The summed E-state index contributed by atoms with van der Waals surface area (Å²) in [4.78, 5) is 11.2. The molecule has 2 atom stereocenters. The van der Waals surface area contributed by atoms with Gasteiger partial charge in [0, 0.05) is 19.2 Å². The average Bonchev–Trinajstić information content (AvgIpc) is 2.46. The first-order chi connectivity index (χ1) is 9.26. The molecule has 1 aliphatic heterocycles. The second-order valence-corrected chi connectivity index (χ2v) is 6.74. The van der Waals surface area contributed by atoms with Crippen molar-refractivity contribution >= 4 is 29.2 Å². The van der Waals surface area contributed by atoms with Crippen LogP contribution in [0.25, 0.3) is 0 Å². The topological polar surface area (TPSA) is 29.0 Å². The van der Waals surface area contributed by atoms with Gasteiger partial charge in [0.2, 0.25) is 0 Å². The maximum atomic E-state index is 6.09. The van der Waals surface area contributed by atoms with Gasteiger partial charge in [-0.2, -0.15) is 0 Å². The van der Waals surface area contributed by atoms with Crippen LogP contribution in [0.1, 0.15) is 32.1 Å². The largest absolute Gasteiger partial charge is 0.356 e. The molecule has 19 heavy (non-hydrogen) atoms. The van der Waals surface area contributed by atoms with Gasteiger partial charge in [0.05, 0.1) is 0 Å². The molecule has 1 aromatic heterocycles. The number of hydrogen-bond donors (Lipinski definition) is 0. The summed E-state index contributed by atoms with van der Waals surface area (Å²) < 4.78 is 0. The Balaban J connectivity index is 1.77. The third-order valence-corrected chi connectivity index (χ3v) is 5.20. The Kier molecular flexibility index (Phi) is 4.18. The second kappa shape index (κ2) is 5.88. The first kappa shape index (κ1) is 13.5. The van der Waals surface area contributed by atoms with Gasteiger partial charge in [0.25, 0.3) is 0 Å². The molecule has 0 radical (unpaired) electrons. The highest BCUT2D eigenvalue weighted by atomic mass is 35.5. The van der Waals surface area contributed by atoms with Crippen molar-refractivity contribution in [3.8, 4) is 0 Å². The lowest BCUT2D eigenvalue weighted by molar-refractivity contribution is 0.202. The minimum absolute atomic E-state index is 0.556. The molecule has 1 saturated heterocycles. The third kappa shape index (κ3) is 3.00. The van der Waals surface area contributed by atoms with Crippen LogP contribution < -0.4 is 4.90 Å². The number of piperidine rings is 1. The molecule has 5 heteroatoms. The Morgan fingerprint density at radius 1 is 1.21 bits per heavy atom. The van der Waals surface area contributed by atoms with Gasteiger partial charge in [0.1, 0.15) is 11.0 Å². The van der Waals surface area contributed by atoms with Gasteiger partial charge in [-0.05, 0) is 30.9 Å². The van der Waals surface area contributed by atoms with E-state index in [0.717, 1.165) is 35.9 Å². The van der Waals surface area contributed by atoms with Crippen molar-refractivity contribution in [2.75, 3.05) is 24.2 Å². The van der Waals surface area contributed by atoms with E-state index in [9.17, 15) is 0 Å². The molecule has 1 aromatic rings. The number of thioether (sulfide) groups is 1. The molecule has 3 nitrogen and oxygen atoms in total. The predicted octanol–water partition coefficient (Wildman–Crippen LogP) is 3.87. The lowest BCUT2D eigenvalue weighted by Gasteiger charge is -2.41. The summed E-state index contributed by atoms with van der Waals surface area (Å²) in [6.07, 6.45) is 8.94. The minimum Gasteiger partial charge on any atom is -0.356 e. The lowest BCUT2D eigenvalue weighted by Crippen LogP contribution is -2.42. The van der Waals surface area contributed by atoms with Gasteiger partial charge < -0.3 is 4.90 Å². The first-order valence-electron chi connectivity index (χ1n) is 7.10. The van der Waals surface area contributed by atoms with Crippen LogP contribution in [0.3, 0.4) is 0 Å². The van der Waals surface area contributed by atoms with Crippen LogP contribution >= 0.6 is 23.4 Å². The molecule has 1 aliphatic carbocycles. The zero-order valence-corrected chi connectivity index (χ0v) is 12.9. The van der Waals surface area contributed by atoms with Crippen molar-refractivity contribution in [2.24, 2.45) is 11.8 Å². The summed E-state index contributed by atoms with van der Waals surface area (Å²) in [6.45, 7) is 2.26. The van der Waals surface area contributed by atoms with Crippen LogP contribution in [0, 0.1) is 11.8 Å². The quantitative estimate of drug-likeness (QED) is 0.471. The van der Waals surface area contributed by atoms with E-state index >= 15 is 0 Å². The molecule has 2 unspecified atom stereocenters. The fourth-order valence-electron chi connectivity index (χ4n) is 3.45. The van der Waals surface area contributed by atoms with Gasteiger partial charge in [-0.1, -0.05) is 42.6 Å². The normalized spacial score (nSPS) is 27.2. The molecule has 104 valence electrons. The second-order valence-electron chi connectivity index (χ2n) is 5.57. The first-order valence-corrected chi connectivity index (χ1v) is 8.70. The van der Waals surface area contributed by atoms with Gasteiger partial charge in [-0.25, -0.2) is 9.97 Å². The number of aromatic nitrogens is 2. The Bertz CT molecular complexity index is 454. The van der Waals surface area contributed by atoms with E-state index < -0.39 is 0 Å². The zero-order valence-electron chi connectivity index (χ0n) is 11.3. The van der Waals surface area contributed by atoms with Crippen LogP contribution in [0.4, 0.5) is 5.82 Å². The number of nitrogens with zero attached hydrogens (tertiary/aromatic N) is 3. The zero-order chi connectivity index (χ0) is 13.2.